The third kappa shape index (κ3) is 3.47. The van der Waals surface area contributed by atoms with Crippen molar-refractivity contribution in [2.75, 3.05) is 4.90 Å². The first kappa shape index (κ1) is 14.3. The Labute approximate surface area is 117 Å². The molecule has 1 aliphatic rings. The molecule has 2 rings (SSSR count). The Bertz CT molecular complexity index is 403. The van der Waals surface area contributed by atoms with Crippen LogP contribution in [0.1, 0.15) is 52.5 Å². The summed E-state index contributed by atoms with van der Waals surface area (Å²) in [5.74, 6) is 1.15. The van der Waals surface area contributed by atoms with Gasteiger partial charge in [0.15, 0.2) is 0 Å². The number of nitrogens with zero attached hydrogens (tertiary/aromatic N) is 2. The molecule has 2 heterocycles. The number of aromatic nitrogens is 1. The molecule has 1 saturated heterocycles. The van der Waals surface area contributed by atoms with Crippen LogP contribution >= 0.6 is 0 Å². The molecule has 3 nitrogen and oxygen atoms in total. The van der Waals surface area contributed by atoms with Crippen molar-refractivity contribution >= 4 is 5.82 Å². The maximum atomic E-state index is 4.60. The van der Waals surface area contributed by atoms with E-state index in [1.54, 1.807) is 0 Å². The maximum absolute atomic E-state index is 4.60. The Hall–Kier alpha value is -1.09. The fraction of sp³-hybridized carbons (Fsp3) is 0.688. The van der Waals surface area contributed by atoms with Gasteiger partial charge in [-0.05, 0) is 43.9 Å². The smallest absolute Gasteiger partial charge is 0.129 e. The Morgan fingerprint density at radius 2 is 2.21 bits per heavy atom. The van der Waals surface area contributed by atoms with Gasteiger partial charge in [0.25, 0.3) is 0 Å². The zero-order valence-corrected chi connectivity index (χ0v) is 12.7. The summed E-state index contributed by atoms with van der Waals surface area (Å²) in [5.41, 5.74) is 1.33. The lowest BCUT2D eigenvalue weighted by molar-refractivity contribution is 0.586. The summed E-state index contributed by atoms with van der Waals surface area (Å²) >= 11 is 0. The number of hydrogen-bond donors (Lipinski definition) is 1. The van der Waals surface area contributed by atoms with Gasteiger partial charge in [0.2, 0.25) is 0 Å². The fourth-order valence-corrected chi connectivity index (χ4v) is 2.92. The molecule has 3 heteroatoms. The molecule has 1 aliphatic heterocycles. The second-order valence-corrected chi connectivity index (χ2v) is 5.95. The zero-order valence-electron chi connectivity index (χ0n) is 12.7. The van der Waals surface area contributed by atoms with E-state index in [4.69, 9.17) is 0 Å². The summed E-state index contributed by atoms with van der Waals surface area (Å²) in [6.07, 6.45) is 5.74. The molecule has 0 radical (unpaired) electrons. The van der Waals surface area contributed by atoms with Crippen molar-refractivity contribution in [2.24, 2.45) is 0 Å². The largest absolute Gasteiger partial charge is 0.351 e. The van der Waals surface area contributed by atoms with Crippen LogP contribution in [0.4, 0.5) is 5.82 Å². The van der Waals surface area contributed by atoms with E-state index in [1.807, 2.05) is 6.20 Å². The van der Waals surface area contributed by atoms with Crippen molar-refractivity contribution in [2.45, 2.75) is 71.6 Å². The van der Waals surface area contributed by atoms with Crippen LogP contribution in [0.2, 0.25) is 0 Å². The SMILES string of the molecule is CCC1CCC(C)N1c1cc(CNC(C)C)ccn1. The van der Waals surface area contributed by atoms with Crippen molar-refractivity contribution in [1.29, 1.82) is 0 Å². The van der Waals surface area contributed by atoms with Gasteiger partial charge in [-0.2, -0.15) is 0 Å². The van der Waals surface area contributed by atoms with E-state index >= 15 is 0 Å². The highest BCUT2D eigenvalue weighted by Gasteiger charge is 2.30. The van der Waals surface area contributed by atoms with Crippen LogP contribution in [-0.2, 0) is 6.54 Å². The molecular formula is C16H27N3. The van der Waals surface area contributed by atoms with Gasteiger partial charge in [-0.15, -0.1) is 0 Å². The highest BCUT2D eigenvalue weighted by atomic mass is 15.3. The van der Waals surface area contributed by atoms with Crippen molar-refractivity contribution in [1.82, 2.24) is 10.3 Å². The summed E-state index contributed by atoms with van der Waals surface area (Å²) in [7, 11) is 0. The van der Waals surface area contributed by atoms with E-state index in [9.17, 15) is 0 Å². The van der Waals surface area contributed by atoms with E-state index < -0.39 is 0 Å². The van der Waals surface area contributed by atoms with Crippen LogP contribution in [0.25, 0.3) is 0 Å². The molecule has 0 saturated carbocycles. The highest BCUT2D eigenvalue weighted by molar-refractivity contribution is 5.44. The van der Waals surface area contributed by atoms with Crippen LogP contribution in [0.15, 0.2) is 18.3 Å². The van der Waals surface area contributed by atoms with Crippen molar-refractivity contribution in [3.8, 4) is 0 Å². The first-order chi connectivity index (χ1) is 9.11. The Kier molecular flexibility index (Phi) is 4.81. The Balaban J connectivity index is 2.13. The monoisotopic (exact) mass is 261 g/mol. The van der Waals surface area contributed by atoms with Gasteiger partial charge in [-0.25, -0.2) is 4.98 Å². The molecule has 1 aromatic rings. The molecule has 1 fully saturated rings. The summed E-state index contributed by atoms with van der Waals surface area (Å²) in [5, 5.41) is 3.47. The van der Waals surface area contributed by atoms with E-state index in [2.05, 4.69) is 55.0 Å². The molecule has 0 aliphatic carbocycles. The molecular weight excluding hydrogens is 234 g/mol. The highest BCUT2D eigenvalue weighted by Crippen LogP contribution is 2.30. The van der Waals surface area contributed by atoms with E-state index in [-0.39, 0.29) is 0 Å². The second kappa shape index (κ2) is 6.38. The van der Waals surface area contributed by atoms with E-state index in [0.717, 1.165) is 12.4 Å². The lowest BCUT2D eigenvalue weighted by Crippen LogP contribution is -2.34. The summed E-state index contributed by atoms with van der Waals surface area (Å²) in [6.45, 7) is 9.87. The summed E-state index contributed by atoms with van der Waals surface area (Å²) in [6, 6.07) is 6.16. The first-order valence-electron chi connectivity index (χ1n) is 7.58. The van der Waals surface area contributed by atoms with Crippen LogP contribution in [0.5, 0.6) is 0 Å². The topological polar surface area (TPSA) is 28.2 Å². The maximum Gasteiger partial charge on any atom is 0.129 e. The predicted molar refractivity (Wildman–Crippen MR) is 81.5 cm³/mol. The molecule has 0 aromatic carbocycles. The summed E-state index contributed by atoms with van der Waals surface area (Å²) < 4.78 is 0. The lowest BCUT2D eigenvalue weighted by atomic mass is 10.1. The normalized spacial score (nSPS) is 23.3. The number of nitrogens with one attached hydrogen (secondary N) is 1. The van der Waals surface area contributed by atoms with Crippen molar-refractivity contribution in [3.05, 3.63) is 23.9 Å². The minimum atomic E-state index is 0.519. The molecule has 0 bridgehead atoms. The van der Waals surface area contributed by atoms with Crippen LogP contribution in [0.3, 0.4) is 0 Å². The molecule has 1 aromatic heterocycles. The fourth-order valence-electron chi connectivity index (χ4n) is 2.92. The third-order valence-electron chi connectivity index (χ3n) is 4.05. The molecule has 1 N–H and O–H groups in total. The predicted octanol–water partition coefficient (Wildman–Crippen LogP) is 3.35. The zero-order chi connectivity index (χ0) is 13.8. The van der Waals surface area contributed by atoms with Crippen molar-refractivity contribution in [3.63, 3.8) is 0 Å². The van der Waals surface area contributed by atoms with Gasteiger partial charge in [0.05, 0.1) is 0 Å². The summed E-state index contributed by atoms with van der Waals surface area (Å²) in [4.78, 5) is 7.11. The van der Waals surface area contributed by atoms with E-state index in [0.29, 0.717) is 18.1 Å². The van der Waals surface area contributed by atoms with Gasteiger partial charge in [-0.1, -0.05) is 20.8 Å². The average Bonchev–Trinajstić information content (AvgIpc) is 2.78. The van der Waals surface area contributed by atoms with Crippen LogP contribution < -0.4 is 10.2 Å². The number of hydrogen-bond acceptors (Lipinski definition) is 3. The second-order valence-electron chi connectivity index (χ2n) is 5.95. The van der Waals surface area contributed by atoms with Gasteiger partial charge >= 0.3 is 0 Å². The lowest BCUT2D eigenvalue weighted by Gasteiger charge is -2.29. The van der Waals surface area contributed by atoms with Gasteiger partial charge in [-0.3, -0.25) is 0 Å². The molecule has 19 heavy (non-hydrogen) atoms. The van der Waals surface area contributed by atoms with Crippen LogP contribution in [0, 0.1) is 0 Å². The molecule has 0 spiro atoms. The molecule has 0 amide bonds. The molecule has 2 atom stereocenters. The molecule has 2 unspecified atom stereocenters. The Morgan fingerprint density at radius 1 is 1.42 bits per heavy atom. The average molecular weight is 261 g/mol. The Morgan fingerprint density at radius 3 is 2.89 bits per heavy atom. The van der Waals surface area contributed by atoms with Gasteiger partial charge in [0, 0.05) is 30.9 Å². The van der Waals surface area contributed by atoms with Crippen molar-refractivity contribution < 1.29 is 0 Å². The third-order valence-corrected chi connectivity index (χ3v) is 4.05. The number of pyridine rings is 1. The number of rotatable bonds is 5. The minimum Gasteiger partial charge on any atom is -0.351 e. The van der Waals surface area contributed by atoms with Crippen LogP contribution in [-0.4, -0.2) is 23.1 Å². The van der Waals surface area contributed by atoms with Gasteiger partial charge in [0.1, 0.15) is 5.82 Å². The quantitative estimate of drug-likeness (QED) is 0.881. The first-order valence-corrected chi connectivity index (χ1v) is 7.58. The van der Waals surface area contributed by atoms with Gasteiger partial charge < -0.3 is 10.2 Å². The number of anilines is 1. The minimum absolute atomic E-state index is 0.519. The standard InChI is InChI=1S/C16H27N3/c1-5-15-7-6-13(4)19(15)16-10-14(8-9-17-16)11-18-12(2)3/h8-10,12-13,15,18H,5-7,11H2,1-4H3. The van der Waals surface area contributed by atoms with E-state index in [1.165, 1.54) is 24.8 Å². The molecule has 106 valence electrons.